The number of aromatic nitrogens is 3. The number of ketones is 1. The fraction of sp³-hybridized carbons (Fsp3) is 0.286. The number of nitrogens with zero attached hydrogens (tertiary/aromatic N) is 3. The summed E-state index contributed by atoms with van der Waals surface area (Å²) in [5, 5.41) is 8.82. The Morgan fingerprint density at radius 2 is 1.85 bits per heavy atom. The first-order valence-corrected chi connectivity index (χ1v) is 9.89. The van der Waals surface area contributed by atoms with Crippen molar-refractivity contribution in [3.8, 4) is 11.4 Å². The van der Waals surface area contributed by atoms with Crippen LogP contribution < -0.4 is 0 Å². The number of benzene rings is 2. The molecular weight excluding hydrogens is 361 g/mol. The lowest BCUT2D eigenvalue weighted by Gasteiger charge is -2.11. The Kier molecular flexibility index (Phi) is 4.83. The Bertz CT molecular complexity index is 997. The summed E-state index contributed by atoms with van der Waals surface area (Å²) in [7, 11) is 1.85. The molecule has 0 fully saturated rings. The van der Waals surface area contributed by atoms with Crippen LogP contribution in [0.3, 0.4) is 0 Å². The van der Waals surface area contributed by atoms with E-state index < -0.39 is 0 Å². The third-order valence-electron chi connectivity index (χ3n) is 4.97. The standard InChI is InChI=1S/C21H20FN3OS/c1-13(19(26)17-7-6-14-4-3-5-16(14)12-17)27-21-24-23-20(25(21)2)15-8-10-18(22)11-9-15/h6-13H,3-5H2,1-2H3/t13-/m1/s1. The third-order valence-corrected chi connectivity index (χ3v) is 6.11. The topological polar surface area (TPSA) is 47.8 Å². The summed E-state index contributed by atoms with van der Waals surface area (Å²) in [6.07, 6.45) is 3.34. The molecule has 0 unspecified atom stereocenters. The van der Waals surface area contributed by atoms with Crippen LogP contribution in [0.5, 0.6) is 0 Å². The second kappa shape index (κ2) is 7.27. The zero-order valence-electron chi connectivity index (χ0n) is 15.3. The average molecular weight is 381 g/mol. The summed E-state index contributed by atoms with van der Waals surface area (Å²) < 4.78 is 15.0. The van der Waals surface area contributed by atoms with Crippen LogP contribution in [0.4, 0.5) is 4.39 Å². The number of halogens is 1. The van der Waals surface area contributed by atoms with E-state index in [-0.39, 0.29) is 16.9 Å². The molecule has 0 aliphatic heterocycles. The summed E-state index contributed by atoms with van der Waals surface area (Å²) in [5.74, 6) is 0.458. The lowest BCUT2D eigenvalue weighted by Crippen LogP contribution is -2.14. The minimum Gasteiger partial charge on any atom is -0.305 e. The molecule has 138 valence electrons. The van der Waals surface area contributed by atoms with Crippen molar-refractivity contribution >= 4 is 17.5 Å². The molecule has 2 aromatic carbocycles. The van der Waals surface area contributed by atoms with Crippen molar-refractivity contribution in [2.24, 2.45) is 7.05 Å². The van der Waals surface area contributed by atoms with Crippen LogP contribution in [0.1, 0.15) is 34.8 Å². The number of hydrogen-bond acceptors (Lipinski definition) is 4. The number of hydrogen-bond donors (Lipinski definition) is 0. The van der Waals surface area contributed by atoms with E-state index in [1.54, 1.807) is 12.1 Å². The van der Waals surface area contributed by atoms with Crippen LogP contribution in [0.25, 0.3) is 11.4 Å². The summed E-state index contributed by atoms with van der Waals surface area (Å²) in [4.78, 5) is 12.9. The van der Waals surface area contributed by atoms with Gasteiger partial charge in [-0.15, -0.1) is 10.2 Å². The fourth-order valence-corrected chi connectivity index (χ4v) is 4.33. The largest absolute Gasteiger partial charge is 0.305 e. The molecular formula is C21H20FN3OS. The van der Waals surface area contributed by atoms with Gasteiger partial charge in [0.1, 0.15) is 5.82 Å². The van der Waals surface area contributed by atoms with E-state index in [4.69, 9.17) is 0 Å². The van der Waals surface area contributed by atoms with E-state index in [0.717, 1.165) is 24.0 Å². The predicted molar refractivity (Wildman–Crippen MR) is 105 cm³/mol. The van der Waals surface area contributed by atoms with Crippen molar-refractivity contribution in [1.82, 2.24) is 14.8 Å². The minimum absolute atomic E-state index is 0.0982. The molecule has 0 saturated carbocycles. The molecule has 1 aliphatic rings. The maximum Gasteiger partial charge on any atom is 0.191 e. The van der Waals surface area contributed by atoms with Gasteiger partial charge in [0.2, 0.25) is 0 Å². The first-order valence-electron chi connectivity index (χ1n) is 9.01. The smallest absolute Gasteiger partial charge is 0.191 e. The summed E-state index contributed by atoms with van der Waals surface area (Å²) in [6, 6.07) is 12.2. The number of rotatable bonds is 5. The van der Waals surface area contributed by atoms with Crippen LogP contribution in [0.15, 0.2) is 47.6 Å². The van der Waals surface area contributed by atoms with Gasteiger partial charge in [-0.3, -0.25) is 4.79 Å². The molecule has 6 heteroatoms. The first-order chi connectivity index (χ1) is 13.0. The molecule has 1 heterocycles. The Balaban J connectivity index is 1.52. The van der Waals surface area contributed by atoms with Gasteiger partial charge in [0, 0.05) is 18.2 Å². The number of thioether (sulfide) groups is 1. The average Bonchev–Trinajstić information content (AvgIpc) is 3.28. The predicted octanol–water partition coefficient (Wildman–Crippen LogP) is 4.47. The van der Waals surface area contributed by atoms with Gasteiger partial charge in [0.05, 0.1) is 5.25 Å². The van der Waals surface area contributed by atoms with E-state index >= 15 is 0 Å². The zero-order chi connectivity index (χ0) is 19.0. The van der Waals surface area contributed by atoms with Gasteiger partial charge >= 0.3 is 0 Å². The van der Waals surface area contributed by atoms with Crippen LogP contribution >= 0.6 is 11.8 Å². The SMILES string of the molecule is C[C@@H](Sc1nnc(-c2ccc(F)cc2)n1C)C(=O)c1ccc2c(c1)CCC2. The van der Waals surface area contributed by atoms with E-state index in [1.165, 1.54) is 41.4 Å². The quantitative estimate of drug-likeness (QED) is 0.483. The molecule has 0 saturated heterocycles. The molecule has 0 N–H and O–H groups in total. The number of fused-ring (bicyclic) bond motifs is 1. The minimum atomic E-state index is -0.288. The maximum atomic E-state index is 13.1. The fourth-order valence-electron chi connectivity index (χ4n) is 3.44. The van der Waals surface area contributed by atoms with E-state index in [9.17, 15) is 9.18 Å². The normalized spacial score (nSPS) is 14.2. The molecule has 0 spiro atoms. The molecule has 1 aromatic heterocycles. The molecule has 4 nitrogen and oxygen atoms in total. The lowest BCUT2D eigenvalue weighted by molar-refractivity contribution is 0.0993. The van der Waals surface area contributed by atoms with Crippen molar-refractivity contribution < 1.29 is 9.18 Å². The van der Waals surface area contributed by atoms with Crippen LogP contribution in [-0.4, -0.2) is 25.8 Å². The molecule has 0 bridgehead atoms. The second-order valence-electron chi connectivity index (χ2n) is 6.83. The van der Waals surface area contributed by atoms with E-state index in [1.807, 2.05) is 30.7 Å². The number of aryl methyl sites for hydroxylation is 2. The molecule has 3 aromatic rings. The van der Waals surface area contributed by atoms with Crippen LogP contribution in [-0.2, 0) is 19.9 Å². The molecule has 0 amide bonds. The van der Waals surface area contributed by atoms with E-state index in [2.05, 4.69) is 16.3 Å². The van der Waals surface area contributed by atoms with Gasteiger partial charge < -0.3 is 4.57 Å². The van der Waals surface area contributed by atoms with Gasteiger partial charge in [0.25, 0.3) is 0 Å². The Labute approximate surface area is 161 Å². The summed E-state index contributed by atoms with van der Waals surface area (Å²) in [5.41, 5.74) is 4.21. The number of carbonyl (C=O) groups excluding carboxylic acids is 1. The summed E-state index contributed by atoms with van der Waals surface area (Å²) in [6.45, 7) is 1.90. The van der Waals surface area contributed by atoms with Gasteiger partial charge in [-0.2, -0.15) is 0 Å². The van der Waals surface area contributed by atoms with E-state index in [0.29, 0.717) is 11.0 Å². The molecule has 27 heavy (non-hydrogen) atoms. The second-order valence-corrected chi connectivity index (χ2v) is 8.14. The zero-order valence-corrected chi connectivity index (χ0v) is 16.1. The highest BCUT2D eigenvalue weighted by Gasteiger charge is 2.22. The van der Waals surface area contributed by atoms with Gasteiger partial charge in [-0.25, -0.2) is 4.39 Å². The first kappa shape index (κ1) is 17.9. The Hall–Kier alpha value is -2.47. The van der Waals surface area contributed by atoms with Gasteiger partial charge in [-0.1, -0.05) is 23.9 Å². The highest BCUT2D eigenvalue weighted by Crippen LogP contribution is 2.29. The summed E-state index contributed by atoms with van der Waals surface area (Å²) >= 11 is 1.39. The van der Waals surface area contributed by atoms with Crippen molar-refractivity contribution in [1.29, 1.82) is 0 Å². The van der Waals surface area contributed by atoms with Crippen molar-refractivity contribution in [3.05, 3.63) is 65.0 Å². The van der Waals surface area contributed by atoms with Gasteiger partial charge in [-0.05, 0) is 67.6 Å². The third kappa shape index (κ3) is 3.54. The van der Waals surface area contributed by atoms with Crippen molar-refractivity contribution in [3.63, 3.8) is 0 Å². The molecule has 4 rings (SSSR count). The lowest BCUT2D eigenvalue weighted by atomic mass is 10.0. The Morgan fingerprint density at radius 3 is 2.63 bits per heavy atom. The van der Waals surface area contributed by atoms with Gasteiger partial charge in [0.15, 0.2) is 16.8 Å². The maximum absolute atomic E-state index is 13.1. The number of Topliss-reactive ketones (excluding diaryl/α,β-unsaturated/α-hetero) is 1. The molecule has 1 atom stereocenters. The molecule has 0 radical (unpaired) electrons. The van der Waals surface area contributed by atoms with Crippen molar-refractivity contribution in [2.45, 2.75) is 36.6 Å². The van der Waals surface area contributed by atoms with Crippen LogP contribution in [0.2, 0.25) is 0 Å². The highest BCUT2D eigenvalue weighted by molar-refractivity contribution is 8.00. The van der Waals surface area contributed by atoms with Crippen molar-refractivity contribution in [2.75, 3.05) is 0 Å². The monoisotopic (exact) mass is 381 g/mol. The van der Waals surface area contributed by atoms with Crippen LogP contribution in [0, 0.1) is 5.82 Å². The highest BCUT2D eigenvalue weighted by atomic mass is 32.2. The molecule has 1 aliphatic carbocycles. The Morgan fingerprint density at radius 1 is 1.11 bits per heavy atom. The number of carbonyl (C=O) groups is 1.